The van der Waals surface area contributed by atoms with Gasteiger partial charge >= 0.3 is 0 Å². The number of carbonyl (C=O) groups is 2. The largest absolute Gasteiger partial charge is 0.444 e. The third kappa shape index (κ3) is 5.04. The van der Waals surface area contributed by atoms with E-state index in [0.29, 0.717) is 18.2 Å². The number of hydrogen-bond donors (Lipinski definition) is 2. The maximum atomic E-state index is 13.8. The number of aliphatic hydroxyl groups excluding tert-OH is 1. The fourth-order valence-electron chi connectivity index (χ4n) is 4.78. The van der Waals surface area contributed by atoms with Crippen LogP contribution >= 0.6 is 0 Å². The van der Waals surface area contributed by atoms with Gasteiger partial charge in [0.25, 0.3) is 0 Å². The summed E-state index contributed by atoms with van der Waals surface area (Å²) in [6, 6.07) is 6.22. The molecule has 10 nitrogen and oxygen atoms in total. The summed E-state index contributed by atoms with van der Waals surface area (Å²) in [6.45, 7) is 6.33. The predicted octanol–water partition coefficient (Wildman–Crippen LogP) is 2.68. The Bertz CT molecular complexity index is 1210. The summed E-state index contributed by atoms with van der Waals surface area (Å²) in [5, 5.41) is 21.9. The SMILES string of the molecule is CC(C)(C)[C@@H](C(=O)N1CC(O)CC1C(=O)NCc1ccc(-c2cnco2)cc1)n1cc(C2CC2)nn1. The lowest BCUT2D eigenvalue weighted by atomic mass is 9.85. The number of aliphatic hydroxyl groups is 1. The van der Waals surface area contributed by atoms with Gasteiger partial charge in [-0.2, -0.15) is 0 Å². The summed E-state index contributed by atoms with van der Waals surface area (Å²) in [6.07, 6.45) is 6.51. The highest BCUT2D eigenvalue weighted by Gasteiger charge is 2.45. The quantitative estimate of drug-likeness (QED) is 0.519. The Labute approximate surface area is 209 Å². The number of amides is 2. The van der Waals surface area contributed by atoms with E-state index in [4.69, 9.17) is 4.42 Å². The Morgan fingerprint density at radius 2 is 1.97 bits per heavy atom. The van der Waals surface area contributed by atoms with E-state index in [1.54, 1.807) is 10.9 Å². The summed E-state index contributed by atoms with van der Waals surface area (Å²) >= 11 is 0. The van der Waals surface area contributed by atoms with Crippen molar-refractivity contribution in [2.45, 2.75) is 70.7 Å². The maximum absolute atomic E-state index is 13.8. The first kappa shape index (κ1) is 24.2. The number of β-amino-alcohol motifs (C(OH)–C–C–N with tert-alkyl or cyclic N) is 1. The van der Waals surface area contributed by atoms with Crippen molar-refractivity contribution in [2.75, 3.05) is 6.54 Å². The van der Waals surface area contributed by atoms with Gasteiger partial charge in [0.15, 0.2) is 12.2 Å². The molecule has 2 fully saturated rings. The predicted molar refractivity (Wildman–Crippen MR) is 130 cm³/mol. The van der Waals surface area contributed by atoms with Crippen molar-refractivity contribution in [3.63, 3.8) is 0 Å². The van der Waals surface area contributed by atoms with Gasteiger partial charge in [0.05, 0.1) is 18.0 Å². The Balaban J connectivity index is 1.28. The lowest BCUT2D eigenvalue weighted by Crippen LogP contribution is -2.50. The Morgan fingerprint density at radius 3 is 2.61 bits per heavy atom. The molecule has 5 rings (SSSR count). The van der Waals surface area contributed by atoms with Crippen LogP contribution in [0.5, 0.6) is 0 Å². The van der Waals surface area contributed by atoms with Crippen molar-refractivity contribution in [2.24, 2.45) is 5.41 Å². The minimum atomic E-state index is -0.760. The van der Waals surface area contributed by atoms with Crippen LogP contribution in [0.2, 0.25) is 0 Å². The lowest BCUT2D eigenvalue weighted by molar-refractivity contribution is -0.144. The van der Waals surface area contributed by atoms with Gasteiger partial charge in [0, 0.05) is 37.2 Å². The second kappa shape index (κ2) is 9.50. The average Bonchev–Trinajstić information content (AvgIpc) is 3.22. The number of nitrogens with zero attached hydrogens (tertiary/aromatic N) is 5. The number of carbonyl (C=O) groups excluding carboxylic acids is 2. The van der Waals surface area contributed by atoms with E-state index in [-0.39, 0.29) is 24.8 Å². The van der Waals surface area contributed by atoms with Crippen molar-refractivity contribution in [3.05, 3.63) is 54.3 Å². The van der Waals surface area contributed by atoms with Gasteiger partial charge in [-0.15, -0.1) is 5.10 Å². The second-order valence-electron chi connectivity index (χ2n) is 10.8. The zero-order valence-electron chi connectivity index (χ0n) is 20.8. The van der Waals surface area contributed by atoms with Crippen molar-refractivity contribution in [3.8, 4) is 11.3 Å². The fraction of sp³-hybridized carbons (Fsp3) is 0.500. The van der Waals surface area contributed by atoms with Gasteiger partial charge in [0.2, 0.25) is 11.8 Å². The van der Waals surface area contributed by atoms with Gasteiger partial charge < -0.3 is 19.7 Å². The molecule has 2 aromatic heterocycles. The first-order chi connectivity index (χ1) is 17.2. The number of rotatable bonds is 7. The molecule has 1 aromatic carbocycles. The fourth-order valence-corrected chi connectivity index (χ4v) is 4.78. The molecule has 190 valence electrons. The molecule has 3 aromatic rings. The highest BCUT2D eigenvalue weighted by molar-refractivity contribution is 5.90. The topological polar surface area (TPSA) is 126 Å². The van der Waals surface area contributed by atoms with Crippen LogP contribution < -0.4 is 5.32 Å². The van der Waals surface area contributed by atoms with E-state index in [1.165, 1.54) is 11.3 Å². The molecule has 10 heteroatoms. The summed E-state index contributed by atoms with van der Waals surface area (Å²) in [7, 11) is 0. The molecule has 1 saturated carbocycles. The normalized spacial score (nSPS) is 20.9. The molecule has 1 aliphatic carbocycles. The molecule has 0 spiro atoms. The number of aromatic nitrogens is 4. The van der Waals surface area contributed by atoms with E-state index in [0.717, 1.165) is 29.7 Å². The Hall–Kier alpha value is -3.53. The number of hydrogen-bond acceptors (Lipinski definition) is 7. The van der Waals surface area contributed by atoms with E-state index in [2.05, 4.69) is 20.6 Å². The standard InChI is InChI=1S/C26H32N6O4/c1-26(2,3)23(32-14-20(29-30-32)17-8-9-17)25(35)31-13-19(33)10-21(31)24(34)28-11-16-4-6-18(7-5-16)22-12-27-15-36-22/h4-7,12,14-15,17,19,21,23,33H,8-11,13H2,1-3H3,(H,28,34)/t19?,21?,23-/m1/s1. The van der Waals surface area contributed by atoms with Gasteiger partial charge in [-0.1, -0.05) is 50.3 Å². The maximum Gasteiger partial charge on any atom is 0.248 e. The molecule has 3 atom stereocenters. The van der Waals surface area contributed by atoms with Crippen molar-refractivity contribution in [1.82, 2.24) is 30.2 Å². The summed E-state index contributed by atoms with van der Waals surface area (Å²) in [5.74, 6) is 0.572. The van der Waals surface area contributed by atoms with Crippen LogP contribution in [0.4, 0.5) is 0 Å². The van der Waals surface area contributed by atoms with E-state index >= 15 is 0 Å². The van der Waals surface area contributed by atoms with Crippen LogP contribution in [-0.2, 0) is 16.1 Å². The molecule has 2 N–H and O–H groups in total. The van der Waals surface area contributed by atoms with Gasteiger partial charge in [-0.3, -0.25) is 9.59 Å². The molecule has 1 saturated heterocycles. The highest BCUT2D eigenvalue weighted by atomic mass is 16.3. The van der Waals surface area contributed by atoms with Crippen molar-refractivity contribution >= 4 is 11.8 Å². The first-order valence-electron chi connectivity index (χ1n) is 12.4. The van der Waals surface area contributed by atoms with Gasteiger partial charge in [-0.25, -0.2) is 9.67 Å². The lowest BCUT2D eigenvalue weighted by Gasteiger charge is -2.34. The summed E-state index contributed by atoms with van der Waals surface area (Å²) in [5.41, 5.74) is 2.24. The smallest absolute Gasteiger partial charge is 0.248 e. The van der Waals surface area contributed by atoms with E-state index in [1.807, 2.05) is 51.2 Å². The van der Waals surface area contributed by atoms with Crippen LogP contribution in [0.3, 0.4) is 0 Å². The molecule has 0 bridgehead atoms. The number of likely N-dealkylation sites (tertiary alicyclic amines) is 1. The molecule has 3 heterocycles. The van der Waals surface area contributed by atoms with E-state index < -0.39 is 23.6 Å². The highest BCUT2D eigenvalue weighted by Crippen LogP contribution is 2.40. The number of benzene rings is 1. The number of nitrogens with one attached hydrogen (secondary N) is 1. The zero-order chi connectivity index (χ0) is 25.4. The Morgan fingerprint density at radius 1 is 1.22 bits per heavy atom. The summed E-state index contributed by atoms with van der Waals surface area (Å²) < 4.78 is 6.94. The molecule has 2 amide bonds. The van der Waals surface area contributed by atoms with Crippen molar-refractivity contribution < 1.29 is 19.1 Å². The van der Waals surface area contributed by atoms with Gasteiger partial charge in [0.1, 0.15) is 12.1 Å². The van der Waals surface area contributed by atoms with Crippen LogP contribution in [0.25, 0.3) is 11.3 Å². The van der Waals surface area contributed by atoms with Crippen LogP contribution in [0.1, 0.15) is 63.3 Å². The minimum Gasteiger partial charge on any atom is -0.444 e. The minimum absolute atomic E-state index is 0.111. The molecular weight excluding hydrogens is 460 g/mol. The third-order valence-electron chi connectivity index (χ3n) is 6.84. The van der Waals surface area contributed by atoms with Gasteiger partial charge in [-0.05, 0) is 23.8 Å². The van der Waals surface area contributed by atoms with Crippen LogP contribution in [0, 0.1) is 5.41 Å². The molecule has 2 aliphatic rings. The summed E-state index contributed by atoms with van der Waals surface area (Å²) in [4.78, 5) is 32.4. The second-order valence-corrected chi connectivity index (χ2v) is 10.8. The molecule has 1 aliphatic heterocycles. The molecule has 2 unspecified atom stereocenters. The van der Waals surface area contributed by atoms with Crippen LogP contribution in [0.15, 0.2) is 47.5 Å². The van der Waals surface area contributed by atoms with E-state index in [9.17, 15) is 14.7 Å². The zero-order valence-corrected chi connectivity index (χ0v) is 20.8. The monoisotopic (exact) mass is 492 g/mol. The number of oxazole rings is 1. The van der Waals surface area contributed by atoms with Crippen molar-refractivity contribution in [1.29, 1.82) is 0 Å². The molecular formula is C26H32N6O4. The molecule has 0 radical (unpaired) electrons. The average molecular weight is 493 g/mol. The third-order valence-corrected chi connectivity index (χ3v) is 6.84. The molecule has 36 heavy (non-hydrogen) atoms. The van der Waals surface area contributed by atoms with Crippen LogP contribution in [-0.4, -0.2) is 60.5 Å². The first-order valence-corrected chi connectivity index (χ1v) is 12.4. The Kier molecular flexibility index (Phi) is 6.38.